The van der Waals surface area contributed by atoms with E-state index in [4.69, 9.17) is 48.4 Å². The number of carbonyl (C=O) groups excluding carboxylic acids is 4. The summed E-state index contributed by atoms with van der Waals surface area (Å²) in [6.45, 7) is 19.6. The minimum atomic E-state index is -1.74. The van der Waals surface area contributed by atoms with Crippen LogP contribution in [0.5, 0.6) is 23.0 Å². The van der Waals surface area contributed by atoms with E-state index < -0.39 is 88.6 Å². The van der Waals surface area contributed by atoms with Crippen molar-refractivity contribution in [2.24, 2.45) is 23.5 Å². The van der Waals surface area contributed by atoms with E-state index in [0.717, 1.165) is 5.57 Å². The topological polar surface area (TPSA) is 221 Å². The van der Waals surface area contributed by atoms with E-state index in [1.807, 2.05) is 71.0 Å². The number of methoxy groups -OCH3 is 1. The van der Waals surface area contributed by atoms with Gasteiger partial charge in [-0.3, -0.25) is 9.59 Å². The molecule has 0 amide bonds. The number of ether oxygens (including phenoxy) is 9. The lowest BCUT2D eigenvalue weighted by molar-refractivity contribution is -0.373. The number of nitrogens with two attached hydrogens (primary N) is 1. The molecule has 17 nitrogen and oxygen atoms in total. The molecule has 3 aromatic rings. The number of carbonyl (C=O) groups is 4. The number of benzene rings is 3. The Morgan fingerprint density at radius 3 is 2.30 bits per heavy atom. The van der Waals surface area contributed by atoms with Gasteiger partial charge >= 0.3 is 11.9 Å². The fourth-order valence-corrected chi connectivity index (χ4v) is 14.6. The van der Waals surface area contributed by atoms with Crippen molar-refractivity contribution in [1.29, 1.82) is 0 Å². The van der Waals surface area contributed by atoms with Gasteiger partial charge in [-0.2, -0.15) is 0 Å². The van der Waals surface area contributed by atoms with Gasteiger partial charge in [0, 0.05) is 70.7 Å². The molecule has 17 heteroatoms. The average molecular weight is 1140 g/mol. The second-order valence-electron chi connectivity index (χ2n) is 25.2. The first-order valence-electron chi connectivity index (χ1n) is 28.9. The van der Waals surface area contributed by atoms with E-state index in [9.17, 15) is 15.0 Å². The number of fused-ring (bicyclic) bond motifs is 6. The quantitative estimate of drug-likeness (QED) is 0.0593. The molecule has 0 radical (unpaired) electrons. The number of esters is 2. The number of rotatable bonds is 14. The number of hydrogen-bond donors (Lipinski definition) is 3. The zero-order valence-electron chi connectivity index (χ0n) is 49.0. The van der Waals surface area contributed by atoms with Crippen molar-refractivity contribution in [3.63, 3.8) is 0 Å². The number of allylic oxidation sites excluding steroid dienone is 5. The summed E-state index contributed by atoms with van der Waals surface area (Å²) >= 11 is 0. The highest BCUT2D eigenvalue weighted by molar-refractivity contribution is 6.23. The van der Waals surface area contributed by atoms with Gasteiger partial charge in [0.1, 0.15) is 47.3 Å². The molecule has 10 aliphatic rings. The fourth-order valence-electron chi connectivity index (χ4n) is 14.6. The van der Waals surface area contributed by atoms with Crippen molar-refractivity contribution < 1.29 is 72.0 Å². The fraction of sp³-hybridized carbons (Fsp3) is 0.485. The molecule has 438 valence electrons. The third kappa shape index (κ3) is 8.73. The van der Waals surface area contributed by atoms with Gasteiger partial charge in [0.2, 0.25) is 6.29 Å². The van der Waals surface area contributed by atoms with Crippen LogP contribution in [-0.4, -0.2) is 124 Å². The summed E-state index contributed by atoms with van der Waals surface area (Å²) in [5.41, 5.74) is 9.21. The SMILES string of the molecule is COC(=O)/C(C)=C\CC12OC(C)(C)[C@H]3C[C@H](C1=O)C1C4=C(c5ccccc5C4=O)N(CCN)C4=C1C32Oc1c(CC=C(C)C)c2c(c(OC(=O)c3ccc(O[C@@H]5O[C@@H]6COC(C)(C)O[C@H]6[C@H](O)[C@H]5O)cc3)c14)C=CC(C)(CCC=C(C)C)O2. The molecule has 4 N–H and O–H groups in total. The number of ketones is 2. The van der Waals surface area contributed by atoms with Crippen LogP contribution in [0.3, 0.4) is 0 Å². The van der Waals surface area contributed by atoms with Crippen LogP contribution in [0.25, 0.3) is 17.5 Å². The smallest absolute Gasteiger partial charge is 0.343 e. The average Bonchev–Trinajstić information content (AvgIpc) is 1.58. The maximum absolute atomic E-state index is 16.2. The Morgan fingerprint density at radius 2 is 1.60 bits per heavy atom. The Balaban J connectivity index is 1.07. The minimum Gasteiger partial charge on any atom is -0.482 e. The Kier molecular flexibility index (Phi) is 13.8. The lowest BCUT2D eigenvalue weighted by atomic mass is 9.44. The van der Waals surface area contributed by atoms with Gasteiger partial charge in [0.05, 0.1) is 47.4 Å². The van der Waals surface area contributed by atoms with Gasteiger partial charge in [-0.15, -0.1) is 0 Å². The maximum atomic E-state index is 16.2. The van der Waals surface area contributed by atoms with Crippen molar-refractivity contribution in [1.82, 2.24) is 4.90 Å². The number of Topliss-reactive ketones (excluding diaryl/α,β-unsaturated/α-hetero) is 2. The largest absolute Gasteiger partial charge is 0.482 e. The van der Waals surface area contributed by atoms with Crippen molar-refractivity contribution in [2.45, 2.75) is 160 Å². The van der Waals surface area contributed by atoms with Crippen molar-refractivity contribution in [3.8, 4) is 23.0 Å². The molecule has 83 heavy (non-hydrogen) atoms. The molecule has 11 atom stereocenters. The highest BCUT2D eigenvalue weighted by Crippen LogP contribution is 2.75. The molecule has 4 unspecified atom stereocenters. The zero-order chi connectivity index (χ0) is 59.0. The summed E-state index contributed by atoms with van der Waals surface area (Å²) in [7, 11) is 1.31. The van der Waals surface area contributed by atoms with Gasteiger partial charge in [0.15, 0.2) is 34.3 Å². The van der Waals surface area contributed by atoms with Crippen LogP contribution < -0.4 is 24.7 Å². The predicted molar refractivity (Wildman–Crippen MR) is 306 cm³/mol. The van der Waals surface area contributed by atoms with Gasteiger partial charge in [0.25, 0.3) is 0 Å². The second-order valence-corrected chi connectivity index (χ2v) is 25.2. The van der Waals surface area contributed by atoms with Crippen LogP contribution in [-0.2, 0) is 39.7 Å². The van der Waals surface area contributed by atoms with E-state index in [1.54, 1.807) is 39.0 Å². The first-order valence-corrected chi connectivity index (χ1v) is 28.9. The lowest BCUT2D eigenvalue weighted by Crippen LogP contribution is -2.75. The van der Waals surface area contributed by atoms with Gasteiger partial charge in [-0.1, -0.05) is 53.6 Å². The summed E-state index contributed by atoms with van der Waals surface area (Å²) in [6.07, 6.45) is 6.11. The zero-order valence-corrected chi connectivity index (χ0v) is 49.0. The molecular weight excluding hydrogens is 1060 g/mol. The Bertz CT molecular complexity index is 3460. The molecule has 3 saturated heterocycles. The second kappa shape index (κ2) is 20.2. The third-order valence-corrected chi connectivity index (χ3v) is 18.3. The Labute approximate surface area is 483 Å². The maximum Gasteiger partial charge on any atom is 0.343 e. The van der Waals surface area contributed by atoms with Crippen LogP contribution in [0.4, 0.5) is 0 Å². The summed E-state index contributed by atoms with van der Waals surface area (Å²) in [4.78, 5) is 62.1. The Hall–Kier alpha value is -6.70. The van der Waals surface area contributed by atoms with Crippen LogP contribution in [0, 0.1) is 17.8 Å². The van der Waals surface area contributed by atoms with E-state index in [2.05, 4.69) is 30.9 Å². The molecule has 6 aliphatic heterocycles. The van der Waals surface area contributed by atoms with Gasteiger partial charge in [-0.05, 0) is 131 Å². The highest BCUT2D eigenvalue weighted by Gasteiger charge is 2.84. The summed E-state index contributed by atoms with van der Waals surface area (Å²) in [5.74, 6) is -3.66. The molecular formula is C66H74N2O15. The van der Waals surface area contributed by atoms with Crippen LogP contribution in [0.2, 0.25) is 0 Å². The molecule has 13 rings (SSSR count). The molecule has 6 heterocycles. The first kappa shape index (κ1) is 56.8. The van der Waals surface area contributed by atoms with E-state index in [-0.39, 0.29) is 60.3 Å². The normalized spacial score (nSPS) is 31.6. The summed E-state index contributed by atoms with van der Waals surface area (Å²) in [6, 6.07) is 13.6. The standard InChI is InChI=1S/C66H74N2O15/c1-33(2)15-14-26-64(10)27-25-41-54(81-64)40(23-18-34(3)4)56-47(55(41)79-60(74)36-19-21-37(22-20-36)77-61-53(71)52(70)57-43(78-61)32-76-63(8,9)80-57)50-48-45(46-49(68(50)30-29-67)38-16-12-13-17-39(38)51(46)69)42-31-44-62(6,7)83-65(58(42)72,66(44,48)82-56)28-24-35(5)59(73)75-11/h12-13,15-22,24-25,27,42-45,52-53,57,61,70-71H,14,23,26,28-32,67H2,1-11H3/b35-24-/t42-,43+,44+,45?,52+,53+,57+,61+,64?,65?,66?/m0/s1. The minimum absolute atomic E-state index is 0.0643. The molecule has 4 aliphatic carbocycles. The monoisotopic (exact) mass is 1130 g/mol. The number of nitrogens with zero attached hydrogens (tertiary/aromatic N) is 1. The molecule has 6 fully saturated rings. The number of hydrogen-bond acceptors (Lipinski definition) is 17. The van der Waals surface area contributed by atoms with Gasteiger partial charge in [-0.25, -0.2) is 9.59 Å². The molecule has 3 aromatic carbocycles. The molecule has 0 aromatic heterocycles. The highest BCUT2D eigenvalue weighted by atomic mass is 16.8. The molecule has 4 bridgehead atoms. The molecule has 1 spiro atoms. The number of aliphatic hydroxyl groups is 2. The van der Waals surface area contributed by atoms with E-state index in [1.165, 1.54) is 24.8 Å². The summed E-state index contributed by atoms with van der Waals surface area (Å²) in [5, 5.41) is 22.3. The third-order valence-electron chi connectivity index (χ3n) is 18.3. The van der Waals surface area contributed by atoms with Crippen molar-refractivity contribution >= 4 is 41.0 Å². The van der Waals surface area contributed by atoms with Crippen LogP contribution in [0.1, 0.15) is 138 Å². The van der Waals surface area contributed by atoms with E-state index >= 15 is 14.4 Å². The summed E-state index contributed by atoms with van der Waals surface area (Å²) < 4.78 is 58.7. The van der Waals surface area contributed by atoms with Crippen LogP contribution >= 0.6 is 0 Å². The van der Waals surface area contributed by atoms with Crippen molar-refractivity contribution in [2.75, 3.05) is 26.8 Å². The molecule has 3 saturated carbocycles. The predicted octanol–water partition coefficient (Wildman–Crippen LogP) is 8.92. The first-order chi connectivity index (χ1) is 39.4. The number of aliphatic hydroxyl groups excluding tert-OH is 2. The van der Waals surface area contributed by atoms with Crippen LogP contribution in [0.15, 0.2) is 101 Å². The van der Waals surface area contributed by atoms with E-state index in [0.29, 0.717) is 87.5 Å². The lowest BCUT2D eigenvalue weighted by Gasteiger charge is -2.63. The van der Waals surface area contributed by atoms with Crippen molar-refractivity contribution in [3.05, 3.63) is 134 Å². The van der Waals surface area contributed by atoms with Gasteiger partial charge < -0.3 is 63.5 Å². The Morgan fingerprint density at radius 1 is 0.880 bits per heavy atom.